The monoisotopic (exact) mass is 253 g/mol. The third-order valence-electron chi connectivity index (χ3n) is 3.98. The van der Waals surface area contributed by atoms with Gasteiger partial charge in [-0.05, 0) is 44.9 Å². The number of aromatic nitrogens is 2. The minimum atomic E-state index is 0.526. The van der Waals surface area contributed by atoms with Crippen molar-refractivity contribution >= 4 is 12.2 Å². The highest BCUT2D eigenvalue weighted by atomic mass is 32.1. The molecule has 0 bridgehead atoms. The number of piperidine rings is 1. The van der Waals surface area contributed by atoms with Gasteiger partial charge < -0.3 is 14.5 Å². The molecule has 2 unspecified atom stereocenters. The van der Waals surface area contributed by atoms with Crippen molar-refractivity contribution in [2.75, 3.05) is 13.6 Å². The fourth-order valence-electron chi connectivity index (χ4n) is 2.71. The van der Waals surface area contributed by atoms with Crippen LogP contribution in [0.15, 0.2) is 6.20 Å². The number of hydrogen-bond donors (Lipinski definition) is 1. The zero-order valence-electron chi connectivity index (χ0n) is 11.2. The standard InChI is InChI=1S/C13H23N3S/c1-9(2)12-8-14-13(17)16(12)11-5-6-15(4)10(3)7-11/h8-11H,5-7H2,1-4H3,(H,14,17). The predicted molar refractivity (Wildman–Crippen MR) is 74.1 cm³/mol. The maximum absolute atomic E-state index is 5.43. The molecule has 0 amide bonds. The molecule has 0 radical (unpaired) electrons. The minimum absolute atomic E-state index is 0.526. The number of H-pyrrole nitrogens is 1. The SMILES string of the molecule is CC(C)c1c[nH]c(=S)n1C1CCN(C)C(C)C1. The van der Waals surface area contributed by atoms with Crippen molar-refractivity contribution in [1.82, 2.24) is 14.5 Å². The van der Waals surface area contributed by atoms with Gasteiger partial charge in [0.1, 0.15) is 0 Å². The Hall–Kier alpha value is -0.610. The van der Waals surface area contributed by atoms with E-state index >= 15 is 0 Å². The van der Waals surface area contributed by atoms with Crippen molar-refractivity contribution in [1.29, 1.82) is 0 Å². The average Bonchev–Trinajstić information content (AvgIpc) is 2.64. The van der Waals surface area contributed by atoms with Crippen LogP contribution in [0.1, 0.15) is 51.3 Å². The van der Waals surface area contributed by atoms with Crippen molar-refractivity contribution in [2.45, 2.75) is 51.6 Å². The average molecular weight is 253 g/mol. The Kier molecular flexibility index (Phi) is 3.73. The predicted octanol–water partition coefficient (Wildman–Crippen LogP) is 3.32. The van der Waals surface area contributed by atoms with Gasteiger partial charge in [-0.2, -0.15) is 0 Å². The molecule has 0 aromatic carbocycles. The normalized spacial score (nSPS) is 26.6. The van der Waals surface area contributed by atoms with Gasteiger partial charge in [0.05, 0.1) is 0 Å². The maximum Gasteiger partial charge on any atom is 0.177 e. The number of likely N-dealkylation sites (tertiary alicyclic amines) is 1. The quantitative estimate of drug-likeness (QED) is 0.818. The first kappa shape index (κ1) is 12.8. The molecule has 0 aliphatic carbocycles. The molecule has 0 saturated carbocycles. The lowest BCUT2D eigenvalue weighted by atomic mass is 9.98. The van der Waals surface area contributed by atoms with Gasteiger partial charge in [0.2, 0.25) is 0 Å². The van der Waals surface area contributed by atoms with Crippen LogP contribution in [0.2, 0.25) is 0 Å². The van der Waals surface area contributed by atoms with Crippen molar-refractivity contribution in [2.24, 2.45) is 0 Å². The van der Waals surface area contributed by atoms with Crippen LogP contribution in [0, 0.1) is 4.77 Å². The van der Waals surface area contributed by atoms with Crippen molar-refractivity contribution in [3.05, 3.63) is 16.7 Å². The minimum Gasteiger partial charge on any atom is -0.337 e. The summed E-state index contributed by atoms with van der Waals surface area (Å²) in [7, 11) is 2.21. The fourth-order valence-corrected chi connectivity index (χ4v) is 3.03. The van der Waals surface area contributed by atoms with Gasteiger partial charge in [-0.25, -0.2) is 0 Å². The lowest BCUT2D eigenvalue weighted by molar-refractivity contribution is 0.154. The van der Waals surface area contributed by atoms with Crippen LogP contribution in [0.3, 0.4) is 0 Å². The molecule has 4 heteroatoms. The van der Waals surface area contributed by atoms with Crippen LogP contribution >= 0.6 is 12.2 Å². The van der Waals surface area contributed by atoms with Gasteiger partial charge in [-0.15, -0.1) is 0 Å². The van der Waals surface area contributed by atoms with E-state index in [1.807, 2.05) is 0 Å². The van der Waals surface area contributed by atoms with E-state index in [1.54, 1.807) is 0 Å². The number of nitrogens with zero attached hydrogens (tertiary/aromatic N) is 2. The molecule has 2 atom stereocenters. The van der Waals surface area contributed by atoms with Crippen LogP contribution in [0.4, 0.5) is 0 Å². The first-order valence-corrected chi connectivity index (χ1v) is 6.91. The zero-order chi connectivity index (χ0) is 12.6. The van der Waals surface area contributed by atoms with E-state index in [1.165, 1.54) is 18.5 Å². The highest BCUT2D eigenvalue weighted by Gasteiger charge is 2.26. The van der Waals surface area contributed by atoms with E-state index in [-0.39, 0.29) is 0 Å². The van der Waals surface area contributed by atoms with Gasteiger partial charge in [0.25, 0.3) is 0 Å². The molecule has 1 aromatic rings. The summed E-state index contributed by atoms with van der Waals surface area (Å²) in [5.41, 5.74) is 1.34. The summed E-state index contributed by atoms with van der Waals surface area (Å²) in [5.74, 6) is 0.526. The smallest absolute Gasteiger partial charge is 0.177 e. The number of aromatic amines is 1. The summed E-state index contributed by atoms with van der Waals surface area (Å²) >= 11 is 5.43. The first-order valence-electron chi connectivity index (χ1n) is 6.50. The summed E-state index contributed by atoms with van der Waals surface area (Å²) < 4.78 is 3.24. The van der Waals surface area contributed by atoms with Crippen molar-refractivity contribution in [3.63, 3.8) is 0 Å². The van der Waals surface area contributed by atoms with E-state index in [9.17, 15) is 0 Å². The molecule has 1 aromatic heterocycles. The van der Waals surface area contributed by atoms with Gasteiger partial charge in [0, 0.05) is 30.5 Å². The third-order valence-corrected chi connectivity index (χ3v) is 4.29. The number of nitrogens with one attached hydrogen (secondary N) is 1. The molecule has 1 aliphatic heterocycles. The summed E-state index contributed by atoms with van der Waals surface area (Å²) in [6, 6.07) is 1.21. The molecule has 1 fully saturated rings. The highest BCUT2D eigenvalue weighted by molar-refractivity contribution is 7.71. The third kappa shape index (κ3) is 2.47. The summed E-state index contributed by atoms with van der Waals surface area (Å²) in [4.78, 5) is 5.64. The van der Waals surface area contributed by atoms with Crippen molar-refractivity contribution in [3.8, 4) is 0 Å². The molecule has 1 aliphatic rings. The Bertz CT molecular complexity index is 432. The molecule has 1 saturated heterocycles. The van der Waals surface area contributed by atoms with E-state index in [4.69, 9.17) is 12.2 Å². The zero-order valence-corrected chi connectivity index (χ0v) is 12.0. The maximum atomic E-state index is 5.43. The Morgan fingerprint density at radius 2 is 2.18 bits per heavy atom. The lowest BCUT2D eigenvalue weighted by Gasteiger charge is -2.36. The summed E-state index contributed by atoms with van der Waals surface area (Å²) in [5, 5.41) is 0. The Balaban J connectivity index is 2.28. The lowest BCUT2D eigenvalue weighted by Crippen LogP contribution is -2.38. The Labute approximate surface area is 109 Å². The second-order valence-corrected chi connectivity index (χ2v) is 5.94. The number of hydrogen-bond acceptors (Lipinski definition) is 2. The largest absolute Gasteiger partial charge is 0.337 e. The summed E-state index contributed by atoms with van der Waals surface area (Å²) in [6.07, 6.45) is 4.48. The molecular weight excluding hydrogens is 230 g/mol. The van der Waals surface area contributed by atoms with Gasteiger partial charge >= 0.3 is 0 Å². The Morgan fingerprint density at radius 3 is 2.76 bits per heavy atom. The Morgan fingerprint density at radius 1 is 1.47 bits per heavy atom. The van der Waals surface area contributed by atoms with E-state index in [0.29, 0.717) is 18.0 Å². The summed E-state index contributed by atoms with van der Waals surface area (Å²) in [6.45, 7) is 7.92. The molecule has 2 heterocycles. The number of imidazole rings is 1. The fraction of sp³-hybridized carbons (Fsp3) is 0.769. The molecule has 17 heavy (non-hydrogen) atoms. The first-order chi connectivity index (χ1) is 8.00. The van der Waals surface area contributed by atoms with Crippen LogP contribution in [-0.2, 0) is 0 Å². The topological polar surface area (TPSA) is 24.0 Å². The van der Waals surface area contributed by atoms with Gasteiger partial charge in [0.15, 0.2) is 4.77 Å². The van der Waals surface area contributed by atoms with E-state index in [2.05, 4.69) is 48.5 Å². The van der Waals surface area contributed by atoms with Crippen LogP contribution in [0.5, 0.6) is 0 Å². The second kappa shape index (κ2) is 4.94. The highest BCUT2D eigenvalue weighted by Crippen LogP contribution is 2.29. The number of rotatable bonds is 2. The molecule has 0 spiro atoms. The molecule has 3 nitrogen and oxygen atoms in total. The molecule has 1 N–H and O–H groups in total. The van der Waals surface area contributed by atoms with E-state index < -0.39 is 0 Å². The van der Waals surface area contributed by atoms with Crippen LogP contribution in [-0.4, -0.2) is 34.1 Å². The molecule has 96 valence electrons. The molecular formula is C13H23N3S. The van der Waals surface area contributed by atoms with Gasteiger partial charge in [-0.1, -0.05) is 13.8 Å². The van der Waals surface area contributed by atoms with Crippen LogP contribution in [0.25, 0.3) is 0 Å². The van der Waals surface area contributed by atoms with E-state index in [0.717, 1.165) is 11.3 Å². The second-order valence-electron chi connectivity index (χ2n) is 5.55. The molecule has 2 rings (SSSR count). The van der Waals surface area contributed by atoms with Crippen molar-refractivity contribution < 1.29 is 0 Å². The van der Waals surface area contributed by atoms with Gasteiger partial charge in [-0.3, -0.25) is 0 Å². The van der Waals surface area contributed by atoms with Crippen LogP contribution < -0.4 is 0 Å².